The summed E-state index contributed by atoms with van der Waals surface area (Å²) in [6, 6.07) is 7.28. The zero-order valence-electron chi connectivity index (χ0n) is 9.18. The van der Waals surface area contributed by atoms with Gasteiger partial charge in [-0.25, -0.2) is 0 Å². The van der Waals surface area contributed by atoms with E-state index < -0.39 is 0 Å². The minimum atomic E-state index is -0.0553. The number of nitrogens with zero attached hydrogens (tertiary/aromatic N) is 1. The molecule has 1 amide bonds. The van der Waals surface area contributed by atoms with E-state index in [1.807, 2.05) is 22.9 Å². The fraction of sp³-hybridized carbons (Fsp3) is 0.0833. The fourth-order valence-electron chi connectivity index (χ4n) is 1.52. The second-order valence-electron chi connectivity index (χ2n) is 3.58. The predicted molar refractivity (Wildman–Crippen MR) is 75.6 cm³/mol. The summed E-state index contributed by atoms with van der Waals surface area (Å²) in [5.74, 6) is -0.0553. The molecule has 0 saturated carbocycles. The lowest BCUT2D eigenvalue weighted by atomic mass is 10.2. The number of hydrogen-bond acceptors (Lipinski definition) is 3. The molecule has 0 spiro atoms. The molecular weight excluding hydrogens is 300 g/mol. The summed E-state index contributed by atoms with van der Waals surface area (Å²) >= 11 is 4.84. The number of nitrogen functional groups attached to an aromatic ring is 1. The van der Waals surface area contributed by atoms with Gasteiger partial charge < -0.3 is 10.6 Å². The normalized spacial score (nSPS) is 10.2. The van der Waals surface area contributed by atoms with E-state index in [1.54, 1.807) is 24.1 Å². The van der Waals surface area contributed by atoms with Crippen LogP contribution in [0, 0.1) is 0 Å². The third kappa shape index (κ3) is 2.50. The van der Waals surface area contributed by atoms with Crippen molar-refractivity contribution in [3.8, 4) is 0 Å². The zero-order valence-corrected chi connectivity index (χ0v) is 11.6. The van der Waals surface area contributed by atoms with Gasteiger partial charge in [-0.05, 0) is 29.6 Å². The number of rotatable bonds is 2. The molecule has 0 atom stereocenters. The number of thiophene rings is 1. The number of anilines is 2. The van der Waals surface area contributed by atoms with Crippen molar-refractivity contribution >= 4 is 44.5 Å². The molecule has 1 aromatic heterocycles. The topological polar surface area (TPSA) is 46.3 Å². The van der Waals surface area contributed by atoms with Crippen LogP contribution >= 0.6 is 27.3 Å². The average molecular weight is 311 g/mol. The first-order valence-corrected chi connectivity index (χ1v) is 6.68. The Morgan fingerprint density at radius 1 is 1.41 bits per heavy atom. The van der Waals surface area contributed by atoms with Crippen LogP contribution in [0.5, 0.6) is 0 Å². The Kier molecular flexibility index (Phi) is 3.49. The van der Waals surface area contributed by atoms with Gasteiger partial charge in [-0.1, -0.05) is 15.9 Å². The highest BCUT2D eigenvalue weighted by atomic mass is 79.9. The second kappa shape index (κ2) is 4.89. The van der Waals surface area contributed by atoms with Crippen LogP contribution in [0.1, 0.15) is 10.4 Å². The summed E-state index contributed by atoms with van der Waals surface area (Å²) in [6.07, 6.45) is 0. The van der Waals surface area contributed by atoms with E-state index in [0.717, 1.165) is 4.47 Å². The van der Waals surface area contributed by atoms with Gasteiger partial charge in [-0.2, -0.15) is 11.3 Å². The summed E-state index contributed by atoms with van der Waals surface area (Å²) in [4.78, 5) is 13.7. The standard InChI is InChI=1S/C12H11BrN2OS/c1-15(12(16)8-4-5-17-7-8)11-3-2-9(13)6-10(11)14/h2-7H,14H2,1H3. The van der Waals surface area contributed by atoms with E-state index in [9.17, 15) is 4.79 Å². The highest BCUT2D eigenvalue weighted by molar-refractivity contribution is 9.10. The molecule has 0 fully saturated rings. The highest BCUT2D eigenvalue weighted by Crippen LogP contribution is 2.27. The number of carbonyl (C=O) groups excluding carboxylic acids is 1. The summed E-state index contributed by atoms with van der Waals surface area (Å²) in [5, 5.41) is 3.71. The number of halogens is 1. The van der Waals surface area contributed by atoms with Crippen LogP contribution in [0.2, 0.25) is 0 Å². The lowest BCUT2D eigenvalue weighted by Gasteiger charge is -2.18. The first kappa shape index (κ1) is 12.1. The van der Waals surface area contributed by atoms with Crippen LogP contribution in [0.25, 0.3) is 0 Å². The predicted octanol–water partition coefficient (Wildman–Crippen LogP) is 3.37. The Morgan fingerprint density at radius 3 is 2.76 bits per heavy atom. The first-order valence-electron chi connectivity index (χ1n) is 4.95. The van der Waals surface area contributed by atoms with Gasteiger partial charge in [-0.15, -0.1) is 0 Å². The quantitative estimate of drug-likeness (QED) is 0.864. The van der Waals surface area contributed by atoms with E-state index in [1.165, 1.54) is 11.3 Å². The molecule has 2 N–H and O–H groups in total. The van der Waals surface area contributed by atoms with Gasteiger partial charge in [0, 0.05) is 16.9 Å². The lowest BCUT2D eigenvalue weighted by Crippen LogP contribution is -2.26. The third-order valence-corrected chi connectivity index (χ3v) is 3.60. The van der Waals surface area contributed by atoms with Crippen molar-refractivity contribution in [2.45, 2.75) is 0 Å². The van der Waals surface area contributed by atoms with Crippen molar-refractivity contribution in [2.24, 2.45) is 0 Å². The largest absolute Gasteiger partial charge is 0.397 e. The number of hydrogen-bond donors (Lipinski definition) is 1. The van der Waals surface area contributed by atoms with Gasteiger partial charge in [0.1, 0.15) is 0 Å². The Bertz CT molecular complexity index is 539. The molecule has 1 aromatic carbocycles. The van der Waals surface area contributed by atoms with Crippen LogP contribution < -0.4 is 10.6 Å². The Balaban J connectivity index is 2.31. The van der Waals surface area contributed by atoms with E-state index in [-0.39, 0.29) is 5.91 Å². The molecule has 0 unspecified atom stereocenters. The molecule has 17 heavy (non-hydrogen) atoms. The van der Waals surface area contributed by atoms with Gasteiger partial charge in [0.2, 0.25) is 0 Å². The zero-order chi connectivity index (χ0) is 12.4. The third-order valence-electron chi connectivity index (χ3n) is 2.42. The molecule has 0 aliphatic heterocycles. The Hall–Kier alpha value is -1.33. The molecule has 88 valence electrons. The molecule has 0 radical (unpaired) electrons. The smallest absolute Gasteiger partial charge is 0.258 e. The molecular formula is C12H11BrN2OS. The van der Waals surface area contributed by atoms with Crippen LogP contribution in [0.4, 0.5) is 11.4 Å². The molecule has 0 aliphatic carbocycles. The first-order chi connectivity index (χ1) is 8.09. The molecule has 0 bridgehead atoms. The van der Waals surface area contributed by atoms with Crippen molar-refractivity contribution in [1.29, 1.82) is 0 Å². The monoisotopic (exact) mass is 310 g/mol. The summed E-state index contributed by atoms with van der Waals surface area (Å²) < 4.78 is 0.898. The Labute approximate surface area is 112 Å². The summed E-state index contributed by atoms with van der Waals surface area (Å²) in [6.45, 7) is 0. The van der Waals surface area contributed by atoms with Gasteiger partial charge in [-0.3, -0.25) is 4.79 Å². The molecule has 2 aromatic rings. The van der Waals surface area contributed by atoms with Crippen LogP contribution in [0.15, 0.2) is 39.5 Å². The number of nitrogens with two attached hydrogens (primary N) is 1. The number of amides is 1. The van der Waals surface area contributed by atoms with E-state index in [4.69, 9.17) is 5.73 Å². The van der Waals surface area contributed by atoms with Crippen LogP contribution in [0.3, 0.4) is 0 Å². The maximum Gasteiger partial charge on any atom is 0.258 e. The minimum absolute atomic E-state index is 0.0553. The summed E-state index contributed by atoms with van der Waals surface area (Å²) in [5.41, 5.74) is 7.86. The fourth-order valence-corrected chi connectivity index (χ4v) is 2.53. The van der Waals surface area contributed by atoms with E-state index in [0.29, 0.717) is 16.9 Å². The van der Waals surface area contributed by atoms with E-state index >= 15 is 0 Å². The van der Waals surface area contributed by atoms with Gasteiger partial charge in [0.05, 0.1) is 16.9 Å². The van der Waals surface area contributed by atoms with Crippen molar-refractivity contribution in [1.82, 2.24) is 0 Å². The highest BCUT2D eigenvalue weighted by Gasteiger charge is 2.15. The molecule has 2 rings (SSSR count). The maximum atomic E-state index is 12.1. The average Bonchev–Trinajstić information content (AvgIpc) is 2.80. The van der Waals surface area contributed by atoms with Crippen LogP contribution in [-0.4, -0.2) is 13.0 Å². The second-order valence-corrected chi connectivity index (χ2v) is 5.28. The molecule has 1 heterocycles. The van der Waals surface area contributed by atoms with Gasteiger partial charge >= 0.3 is 0 Å². The maximum absolute atomic E-state index is 12.1. The van der Waals surface area contributed by atoms with Crippen molar-refractivity contribution in [2.75, 3.05) is 17.7 Å². The number of benzene rings is 1. The lowest BCUT2D eigenvalue weighted by molar-refractivity contribution is 0.0993. The Morgan fingerprint density at radius 2 is 2.18 bits per heavy atom. The van der Waals surface area contributed by atoms with Crippen molar-refractivity contribution in [3.05, 3.63) is 45.1 Å². The number of carbonyl (C=O) groups is 1. The van der Waals surface area contributed by atoms with Crippen molar-refractivity contribution in [3.63, 3.8) is 0 Å². The molecule has 0 aliphatic rings. The SMILES string of the molecule is CN(C(=O)c1ccsc1)c1ccc(Br)cc1N. The minimum Gasteiger partial charge on any atom is -0.397 e. The van der Waals surface area contributed by atoms with E-state index in [2.05, 4.69) is 15.9 Å². The molecule has 3 nitrogen and oxygen atoms in total. The summed E-state index contributed by atoms with van der Waals surface area (Å²) in [7, 11) is 1.72. The van der Waals surface area contributed by atoms with Crippen LogP contribution in [-0.2, 0) is 0 Å². The molecule has 5 heteroatoms. The van der Waals surface area contributed by atoms with Gasteiger partial charge in [0.15, 0.2) is 0 Å². The molecule has 0 saturated heterocycles. The van der Waals surface area contributed by atoms with Crippen molar-refractivity contribution < 1.29 is 4.79 Å². The van der Waals surface area contributed by atoms with Gasteiger partial charge in [0.25, 0.3) is 5.91 Å².